The lowest BCUT2D eigenvalue weighted by Crippen LogP contribution is -2.67. The van der Waals surface area contributed by atoms with Gasteiger partial charge in [-0.3, -0.25) is 4.90 Å². The van der Waals surface area contributed by atoms with E-state index in [-0.39, 0.29) is 40.1 Å². The molecule has 0 aromatic carbocycles. The second-order valence-electron chi connectivity index (χ2n) is 10.8. The van der Waals surface area contributed by atoms with Gasteiger partial charge in [0.25, 0.3) is 0 Å². The maximum absolute atomic E-state index is 11.3. The van der Waals surface area contributed by atoms with Crippen molar-refractivity contribution in [2.24, 2.45) is 39.9 Å². The van der Waals surface area contributed by atoms with Gasteiger partial charge in [0.2, 0.25) is 0 Å². The second-order valence-corrected chi connectivity index (χ2v) is 10.8. The molecule has 13 atom stereocenters. The van der Waals surface area contributed by atoms with Gasteiger partial charge in [-0.15, -0.1) is 0 Å². The average Bonchev–Trinajstić information content (AvgIpc) is 2.88. The smallest absolute Gasteiger partial charge is 0.0679 e. The van der Waals surface area contributed by atoms with E-state index in [1.165, 1.54) is 0 Å². The number of hydrogen-bond acceptors (Lipinski definition) is 4. The highest BCUT2D eigenvalue weighted by Gasteiger charge is 2.90. The van der Waals surface area contributed by atoms with Gasteiger partial charge in [-0.1, -0.05) is 19.1 Å². The van der Waals surface area contributed by atoms with E-state index in [0.29, 0.717) is 18.0 Å². The Balaban J connectivity index is 1.54. The van der Waals surface area contributed by atoms with Crippen LogP contribution in [0.15, 0.2) is 12.2 Å². The summed E-state index contributed by atoms with van der Waals surface area (Å²) in [5.74, 6) is 1.02. The molecule has 3 N–H and O–H groups in total. The van der Waals surface area contributed by atoms with Gasteiger partial charge in [-0.25, -0.2) is 0 Å². The molecule has 130 valence electrons. The van der Waals surface area contributed by atoms with E-state index in [4.69, 9.17) is 0 Å². The molecular formula is C20H27NO3. The van der Waals surface area contributed by atoms with Crippen LogP contribution in [0.3, 0.4) is 0 Å². The van der Waals surface area contributed by atoms with Gasteiger partial charge in [0.1, 0.15) is 0 Å². The molecule has 4 heteroatoms. The maximum atomic E-state index is 11.3. The van der Waals surface area contributed by atoms with Crippen LogP contribution in [0.4, 0.5) is 0 Å². The Morgan fingerprint density at radius 3 is 2.67 bits per heavy atom. The molecule has 3 heterocycles. The third-order valence-electron chi connectivity index (χ3n) is 10.1. The average molecular weight is 329 g/mol. The van der Waals surface area contributed by atoms with Crippen molar-refractivity contribution < 1.29 is 15.3 Å². The van der Waals surface area contributed by atoms with E-state index >= 15 is 0 Å². The lowest BCUT2D eigenvalue weighted by atomic mass is 9.39. The third kappa shape index (κ3) is 0.980. The number of aliphatic hydroxyl groups excluding tert-OH is 3. The van der Waals surface area contributed by atoms with E-state index in [2.05, 4.69) is 18.4 Å². The molecule has 9 aliphatic rings. The monoisotopic (exact) mass is 329 g/mol. The first-order valence-corrected chi connectivity index (χ1v) is 9.83. The molecule has 3 saturated heterocycles. The molecule has 4 unspecified atom stereocenters. The second kappa shape index (κ2) is 3.40. The van der Waals surface area contributed by atoms with E-state index in [9.17, 15) is 15.3 Å². The summed E-state index contributed by atoms with van der Waals surface area (Å²) in [7, 11) is 0. The zero-order valence-electron chi connectivity index (χ0n) is 14.2. The fourth-order valence-electron chi connectivity index (χ4n) is 10.7. The Kier molecular flexibility index (Phi) is 1.95. The molecule has 0 aromatic rings. The number of nitrogens with zero attached hydrogens (tertiary/aromatic N) is 1. The highest BCUT2D eigenvalue weighted by molar-refractivity contribution is 5.43. The van der Waals surface area contributed by atoms with Gasteiger partial charge in [-0.05, 0) is 53.8 Å². The van der Waals surface area contributed by atoms with Gasteiger partial charge < -0.3 is 15.3 Å². The van der Waals surface area contributed by atoms with Crippen molar-refractivity contribution in [3.63, 3.8) is 0 Å². The number of rotatable bonds is 0. The van der Waals surface area contributed by atoms with Gasteiger partial charge >= 0.3 is 0 Å². The summed E-state index contributed by atoms with van der Waals surface area (Å²) >= 11 is 0. The largest absolute Gasteiger partial charge is 0.393 e. The van der Waals surface area contributed by atoms with Crippen molar-refractivity contribution in [2.45, 2.75) is 63.0 Å². The summed E-state index contributed by atoms with van der Waals surface area (Å²) in [6.07, 6.45) is 2.76. The topological polar surface area (TPSA) is 63.9 Å². The van der Waals surface area contributed by atoms with Crippen molar-refractivity contribution in [2.75, 3.05) is 6.54 Å². The molecule has 4 nitrogen and oxygen atoms in total. The van der Waals surface area contributed by atoms with E-state index in [0.717, 1.165) is 37.8 Å². The minimum atomic E-state index is -0.460. The number of piperidine rings is 2. The van der Waals surface area contributed by atoms with Crippen LogP contribution in [0.1, 0.15) is 32.6 Å². The minimum Gasteiger partial charge on any atom is -0.393 e. The zero-order valence-corrected chi connectivity index (χ0v) is 14.2. The maximum Gasteiger partial charge on any atom is 0.0679 e. The van der Waals surface area contributed by atoms with Crippen LogP contribution in [0.5, 0.6) is 0 Å². The molecule has 6 aliphatic carbocycles. The summed E-state index contributed by atoms with van der Waals surface area (Å²) in [6.45, 7) is 7.72. The molecule has 0 amide bonds. The van der Waals surface area contributed by atoms with Gasteiger partial charge in [-0.2, -0.15) is 0 Å². The first kappa shape index (κ1) is 13.7. The van der Waals surface area contributed by atoms with Crippen molar-refractivity contribution >= 4 is 0 Å². The minimum absolute atomic E-state index is 0.0358. The van der Waals surface area contributed by atoms with Crippen molar-refractivity contribution in [3.05, 3.63) is 12.2 Å². The van der Waals surface area contributed by atoms with Crippen molar-refractivity contribution in [1.82, 2.24) is 4.90 Å². The Hall–Kier alpha value is -0.420. The molecule has 2 spiro atoms. The fourth-order valence-corrected chi connectivity index (χ4v) is 10.7. The molecule has 24 heavy (non-hydrogen) atoms. The van der Waals surface area contributed by atoms with Crippen LogP contribution in [0.25, 0.3) is 0 Å². The Bertz CT molecular complexity index is 709. The normalized spacial score (nSPS) is 76.1. The summed E-state index contributed by atoms with van der Waals surface area (Å²) in [5.41, 5.74) is 1.37. The molecular weight excluding hydrogens is 302 g/mol. The molecule has 9 bridgehead atoms. The predicted octanol–water partition coefficient (Wildman–Crippen LogP) is 0.764. The van der Waals surface area contributed by atoms with Crippen LogP contribution >= 0.6 is 0 Å². The molecule has 0 aromatic heterocycles. The number of fused-ring (bicyclic) bond motifs is 1. The molecule has 6 saturated carbocycles. The molecule has 0 radical (unpaired) electrons. The molecule has 9 rings (SSSR count). The Morgan fingerprint density at radius 1 is 1.08 bits per heavy atom. The molecule has 9 fully saturated rings. The van der Waals surface area contributed by atoms with E-state index in [1.807, 2.05) is 0 Å². The summed E-state index contributed by atoms with van der Waals surface area (Å²) in [6, 6.07) is 0.999. The number of aliphatic hydroxyl groups is 3. The van der Waals surface area contributed by atoms with Crippen LogP contribution in [0.2, 0.25) is 0 Å². The molecule has 3 aliphatic heterocycles. The summed E-state index contributed by atoms with van der Waals surface area (Å²) in [5, 5.41) is 33.3. The predicted molar refractivity (Wildman–Crippen MR) is 86.8 cm³/mol. The van der Waals surface area contributed by atoms with Crippen LogP contribution < -0.4 is 0 Å². The fraction of sp³-hybridized carbons (Fsp3) is 0.900. The Morgan fingerprint density at radius 2 is 1.88 bits per heavy atom. The summed E-state index contributed by atoms with van der Waals surface area (Å²) < 4.78 is 0. The Labute approximate surface area is 142 Å². The standard InChI is InChI=1S/C20H27NO3/c1-8-3-19-6-10-15-18(2)4-9(22)5-20(15)16(19)14(24)11(8)13(23)12(19)17(20)21(10)7-18/h9-17,22-24H,1,3-7H2,2H3/t9-,10?,11-,12?,13-,14+,15+,16+,17?,18-,19-,20-/m0/s1. The summed E-state index contributed by atoms with van der Waals surface area (Å²) in [4.78, 5) is 2.73. The van der Waals surface area contributed by atoms with E-state index < -0.39 is 12.2 Å². The first-order valence-electron chi connectivity index (χ1n) is 9.83. The highest BCUT2D eigenvalue weighted by atomic mass is 16.3. The lowest BCUT2D eigenvalue weighted by Gasteiger charge is -2.65. The van der Waals surface area contributed by atoms with Gasteiger partial charge in [0.15, 0.2) is 0 Å². The van der Waals surface area contributed by atoms with Crippen LogP contribution in [-0.4, -0.2) is 57.2 Å². The van der Waals surface area contributed by atoms with Crippen molar-refractivity contribution in [1.29, 1.82) is 0 Å². The SMILES string of the molecule is C=C1C[C@]23CC4[C@@H]5[C@@]6(C)C[C@H](O)C[C@]57C(C2[C@@H](O)[C@H]1[C@@H](O)[C@H]37)N4C6. The number of hydrogen-bond donors (Lipinski definition) is 3. The lowest BCUT2D eigenvalue weighted by molar-refractivity contribution is -0.213. The quantitative estimate of drug-likeness (QED) is 0.574. The highest BCUT2D eigenvalue weighted by Crippen LogP contribution is 2.86. The van der Waals surface area contributed by atoms with Gasteiger partial charge in [0, 0.05) is 30.5 Å². The third-order valence-corrected chi connectivity index (χ3v) is 10.1. The van der Waals surface area contributed by atoms with E-state index in [1.54, 1.807) is 0 Å². The van der Waals surface area contributed by atoms with Gasteiger partial charge in [0.05, 0.1) is 18.3 Å². The first-order chi connectivity index (χ1) is 11.4. The van der Waals surface area contributed by atoms with Crippen LogP contribution in [-0.2, 0) is 0 Å². The van der Waals surface area contributed by atoms with Crippen molar-refractivity contribution in [3.8, 4) is 0 Å². The zero-order chi connectivity index (χ0) is 16.4. The van der Waals surface area contributed by atoms with Crippen LogP contribution in [0, 0.1) is 39.9 Å².